The molecule has 0 spiro atoms. The van der Waals surface area contributed by atoms with E-state index in [0.29, 0.717) is 36.5 Å². The summed E-state index contributed by atoms with van der Waals surface area (Å²) in [4.78, 5) is 10.8. The molecule has 2 N–H and O–H groups in total. The van der Waals surface area contributed by atoms with E-state index in [9.17, 15) is 9.50 Å². The van der Waals surface area contributed by atoms with Gasteiger partial charge >= 0.3 is 0 Å². The number of ether oxygens (including phenoxy) is 2. The molecule has 0 radical (unpaired) electrons. The van der Waals surface area contributed by atoms with Crippen LogP contribution in [-0.2, 0) is 4.74 Å². The highest BCUT2D eigenvalue weighted by Gasteiger charge is 2.37. The third-order valence-corrected chi connectivity index (χ3v) is 7.68. The maximum absolute atomic E-state index is 14.3. The van der Waals surface area contributed by atoms with Crippen molar-refractivity contribution in [3.05, 3.63) is 36.3 Å². The van der Waals surface area contributed by atoms with Crippen LogP contribution in [0.3, 0.4) is 0 Å². The van der Waals surface area contributed by atoms with Crippen LogP contribution < -0.4 is 15.0 Å². The molecule has 0 amide bonds. The van der Waals surface area contributed by atoms with Crippen molar-refractivity contribution in [2.75, 3.05) is 30.0 Å². The van der Waals surface area contributed by atoms with Gasteiger partial charge < -0.3 is 24.8 Å². The Balaban J connectivity index is 1.17. The van der Waals surface area contributed by atoms with E-state index in [-0.39, 0.29) is 5.88 Å². The zero-order valence-electron chi connectivity index (χ0n) is 20.0. The van der Waals surface area contributed by atoms with E-state index >= 15 is 0 Å². The predicted octanol–water partition coefficient (Wildman–Crippen LogP) is 4.68. The van der Waals surface area contributed by atoms with Crippen LogP contribution in [0.1, 0.15) is 52.4 Å². The Morgan fingerprint density at radius 2 is 1.76 bits per heavy atom. The van der Waals surface area contributed by atoms with Gasteiger partial charge in [0, 0.05) is 11.4 Å². The fraction of sp³-hybridized carbons (Fsp3) is 0.615. The number of benzene rings is 1. The molecule has 1 aromatic carbocycles. The number of nitrogens with zero attached hydrogens (tertiary/aromatic N) is 3. The fourth-order valence-corrected chi connectivity index (χ4v) is 5.64. The van der Waals surface area contributed by atoms with Gasteiger partial charge in [0.2, 0.25) is 11.8 Å². The molecule has 3 heterocycles. The quantitative estimate of drug-likeness (QED) is 0.608. The van der Waals surface area contributed by atoms with Crippen LogP contribution in [0, 0.1) is 17.7 Å². The molecule has 8 heteroatoms. The fourth-order valence-electron chi connectivity index (χ4n) is 5.64. The summed E-state index contributed by atoms with van der Waals surface area (Å²) in [6.45, 7) is 5.76. The third kappa shape index (κ3) is 5.13. The molecule has 2 saturated heterocycles. The number of aromatic nitrogens is 2. The number of fused-ring (bicyclic) bond motifs is 2. The van der Waals surface area contributed by atoms with Crippen molar-refractivity contribution in [1.29, 1.82) is 0 Å². The summed E-state index contributed by atoms with van der Waals surface area (Å²) in [5, 5.41) is 13.4. The second kappa shape index (κ2) is 9.66. The first kappa shape index (κ1) is 23.3. The van der Waals surface area contributed by atoms with E-state index in [1.54, 1.807) is 0 Å². The molecular weight excluding hydrogens is 435 g/mol. The summed E-state index contributed by atoms with van der Waals surface area (Å²) < 4.78 is 25.7. The average molecular weight is 471 g/mol. The molecule has 5 rings (SSSR count). The summed E-state index contributed by atoms with van der Waals surface area (Å²) in [5.74, 6) is 0.367. The first-order chi connectivity index (χ1) is 16.4. The molecule has 2 bridgehead atoms. The van der Waals surface area contributed by atoms with Gasteiger partial charge in [-0.05, 0) is 88.5 Å². The molecule has 1 aliphatic carbocycles. The van der Waals surface area contributed by atoms with Crippen molar-refractivity contribution >= 4 is 17.3 Å². The van der Waals surface area contributed by atoms with Gasteiger partial charge in [0.05, 0.1) is 43.7 Å². The van der Waals surface area contributed by atoms with Crippen LogP contribution in [0.15, 0.2) is 30.5 Å². The summed E-state index contributed by atoms with van der Waals surface area (Å²) in [6, 6.07) is 9.12. The minimum Gasteiger partial charge on any atom is -0.475 e. The number of anilines is 3. The summed E-state index contributed by atoms with van der Waals surface area (Å²) in [7, 11) is 0. The van der Waals surface area contributed by atoms with Gasteiger partial charge in [0.25, 0.3) is 5.88 Å². The zero-order valence-corrected chi connectivity index (χ0v) is 20.0. The van der Waals surface area contributed by atoms with Crippen LogP contribution in [-0.4, -0.2) is 52.6 Å². The van der Waals surface area contributed by atoms with Gasteiger partial charge in [0.15, 0.2) is 0 Å². The molecule has 3 aliphatic rings. The Morgan fingerprint density at radius 1 is 1.09 bits per heavy atom. The van der Waals surface area contributed by atoms with Crippen molar-refractivity contribution in [3.8, 4) is 5.88 Å². The van der Waals surface area contributed by atoms with Crippen LogP contribution in [0.25, 0.3) is 0 Å². The molecule has 2 aromatic rings. The Labute approximate surface area is 200 Å². The van der Waals surface area contributed by atoms with Crippen LogP contribution in [0.5, 0.6) is 5.88 Å². The number of halogens is 1. The molecule has 2 atom stereocenters. The number of hydrogen-bond acceptors (Lipinski definition) is 7. The monoisotopic (exact) mass is 470 g/mol. The third-order valence-electron chi connectivity index (χ3n) is 7.68. The van der Waals surface area contributed by atoms with Crippen molar-refractivity contribution < 1.29 is 19.0 Å². The predicted molar refractivity (Wildman–Crippen MR) is 129 cm³/mol. The molecule has 3 fully saturated rings. The molecule has 1 aromatic heterocycles. The van der Waals surface area contributed by atoms with Crippen molar-refractivity contribution in [2.45, 2.75) is 70.1 Å². The van der Waals surface area contributed by atoms with Crippen LogP contribution in [0.2, 0.25) is 0 Å². The first-order valence-electron chi connectivity index (χ1n) is 12.5. The van der Waals surface area contributed by atoms with Crippen molar-refractivity contribution in [3.63, 3.8) is 0 Å². The molecule has 34 heavy (non-hydrogen) atoms. The molecule has 1 unspecified atom stereocenters. The summed E-state index contributed by atoms with van der Waals surface area (Å²) >= 11 is 0. The smallest absolute Gasteiger partial charge is 0.255 e. The molecule has 1 saturated carbocycles. The first-order valence-corrected chi connectivity index (χ1v) is 12.5. The highest BCUT2D eigenvalue weighted by atomic mass is 19.1. The van der Waals surface area contributed by atoms with E-state index in [2.05, 4.69) is 32.3 Å². The molecular formula is C26H35FN4O3. The topological polar surface area (TPSA) is 79.7 Å². The SMILES string of the molecule is CC(C)(O)C1CCC(COc2nc(Nc3ccc(N4C5CC[C@H]4COC5)cc3)ncc2F)CC1. The number of nitrogens with one attached hydrogen (secondary N) is 1. The van der Waals surface area contributed by atoms with E-state index in [4.69, 9.17) is 9.47 Å². The molecule has 7 nitrogen and oxygen atoms in total. The van der Waals surface area contributed by atoms with E-state index < -0.39 is 11.4 Å². The highest BCUT2D eigenvalue weighted by Crippen LogP contribution is 2.36. The lowest BCUT2D eigenvalue weighted by atomic mass is 9.75. The lowest BCUT2D eigenvalue weighted by Crippen LogP contribution is -2.45. The van der Waals surface area contributed by atoms with Gasteiger partial charge in [-0.25, -0.2) is 4.98 Å². The van der Waals surface area contributed by atoms with Crippen LogP contribution in [0.4, 0.5) is 21.7 Å². The summed E-state index contributed by atoms with van der Waals surface area (Å²) in [5.41, 5.74) is 1.39. The maximum Gasteiger partial charge on any atom is 0.255 e. The van der Waals surface area contributed by atoms with E-state index in [1.165, 1.54) is 18.5 Å². The maximum atomic E-state index is 14.3. The Bertz CT molecular complexity index is 957. The number of hydrogen-bond donors (Lipinski definition) is 2. The summed E-state index contributed by atoms with van der Waals surface area (Å²) in [6.07, 6.45) is 7.34. The second-order valence-electron chi connectivity index (χ2n) is 10.5. The van der Waals surface area contributed by atoms with Gasteiger partial charge in [0.1, 0.15) is 0 Å². The lowest BCUT2D eigenvalue weighted by Gasteiger charge is -2.36. The van der Waals surface area contributed by atoms with Crippen molar-refractivity contribution in [1.82, 2.24) is 9.97 Å². The molecule has 184 valence electrons. The molecule has 2 aliphatic heterocycles. The standard InChI is InChI=1S/C26H35FN4O3/c1-26(2,32)18-5-3-17(4-6-18)14-34-24-23(27)13-28-25(30-24)29-19-7-9-20(10-8-19)31-21-11-12-22(31)16-33-15-21/h7-10,13,17-18,21-22,32H,3-6,11-12,14-16H2,1-2H3,(H,28,29,30)/t17?,18?,21-,22?/m0/s1. The van der Waals surface area contributed by atoms with Gasteiger partial charge in [-0.15, -0.1) is 0 Å². The largest absolute Gasteiger partial charge is 0.475 e. The number of aliphatic hydroxyl groups is 1. The average Bonchev–Trinajstić information content (AvgIpc) is 3.07. The zero-order chi connectivity index (χ0) is 23.7. The normalized spacial score (nSPS) is 27.0. The van der Waals surface area contributed by atoms with E-state index in [1.807, 2.05) is 26.0 Å². The Hall–Kier alpha value is -2.45. The van der Waals surface area contributed by atoms with Gasteiger partial charge in [-0.1, -0.05) is 0 Å². The number of rotatable bonds is 7. The van der Waals surface area contributed by atoms with Crippen LogP contribution >= 0.6 is 0 Å². The van der Waals surface area contributed by atoms with Gasteiger partial charge in [-0.3, -0.25) is 0 Å². The van der Waals surface area contributed by atoms with E-state index in [0.717, 1.165) is 50.8 Å². The minimum atomic E-state index is -0.648. The Morgan fingerprint density at radius 3 is 2.41 bits per heavy atom. The van der Waals surface area contributed by atoms with Gasteiger partial charge in [-0.2, -0.15) is 9.37 Å². The second-order valence-corrected chi connectivity index (χ2v) is 10.5. The Kier molecular flexibility index (Phi) is 6.62. The minimum absolute atomic E-state index is 0.0244. The van der Waals surface area contributed by atoms with Crippen molar-refractivity contribution in [2.24, 2.45) is 11.8 Å². The highest BCUT2D eigenvalue weighted by molar-refractivity contribution is 5.60. The lowest BCUT2D eigenvalue weighted by molar-refractivity contribution is -0.00922. The number of morpholine rings is 1.